The summed E-state index contributed by atoms with van der Waals surface area (Å²) in [5.74, 6) is 0.00419. The normalized spacial score (nSPS) is 11.9. The van der Waals surface area contributed by atoms with Crippen LogP contribution >= 0.6 is 15.9 Å². The SMILES string of the molecule is NC(Cc1ccc(O)cc1)C(=O)NCc1ccccc1Br. The van der Waals surface area contributed by atoms with E-state index in [0.29, 0.717) is 13.0 Å². The molecule has 4 N–H and O–H groups in total. The molecule has 0 aromatic heterocycles. The van der Waals surface area contributed by atoms with Gasteiger partial charge in [-0.2, -0.15) is 0 Å². The number of rotatable bonds is 5. The molecule has 2 aromatic rings. The third-order valence-electron chi connectivity index (χ3n) is 3.14. The zero-order valence-corrected chi connectivity index (χ0v) is 13.0. The van der Waals surface area contributed by atoms with Crippen LogP contribution in [0, 0.1) is 0 Å². The van der Waals surface area contributed by atoms with Gasteiger partial charge in [0.2, 0.25) is 5.91 Å². The lowest BCUT2D eigenvalue weighted by Crippen LogP contribution is -2.41. The Hall–Kier alpha value is -1.85. The predicted octanol–water partition coefficient (Wildman–Crippen LogP) is 2.34. The highest BCUT2D eigenvalue weighted by atomic mass is 79.9. The molecular formula is C16H17BrN2O2. The monoisotopic (exact) mass is 348 g/mol. The number of carbonyl (C=O) groups excluding carboxylic acids is 1. The average molecular weight is 349 g/mol. The minimum atomic E-state index is -0.614. The van der Waals surface area contributed by atoms with Crippen LogP contribution in [0.5, 0.6) is 5.75 Å². The number of amides is 1. The Bertz CT molecular complexity index is 614. The average Bonchev–Trinajstić information content (AvgIpc) is 2.48. The summed E-state index contributed by atoms with van der Waals surface area (Å²) in [7, 11) is 0. The van der Waals surface area contributed by atoms with E-state index in [1.807, 2.05) is 24.3 Å². The number of nitrogens with one attached hydrogen (secondary N) is 1. The highest BCUT2D eigenvalue weighted by Crippen LogP contribution is 2.15. The molecule has 0 aliphatic rings. The minimum absolute atomic E-state index is 0.196. The lowest BCUT2D eigenvalue weighted by molar-refractivity contribution is -0.122. The van der Waals surface area contributed by atoms with Crippen LogP contribution in [0.4, 0.5) is 0 Å². The van der Waals surface area contributed by atoms with E-state index in [9.17, 15) is 9.90 Å². The molecule has 21 heavy (non-hydrogen) atoms. The summed E-state index contributed by atoms with van der Waals surface area (Å²) in [5.41, 5.74) is 7.82. The first kappa shape index (κ1) is 15.5. The fourth-order valence-corrected chi connectivity index (χ4v) is 2.36. The Labute approximate surface area is 132 Å². The first-order chi connectivity index (χ1) is 10.1. The van der Waals surface area contributed by atoms with Crippen molar-refractivity contribution in [2.24, 2.45) is 5.73 Å². The van der Waals surface area contributed by atoms with Crippen LogP contribution < -0.4 is 11.1 Å². The highest BCUT2D eigenvalue weighted by molar-refractivity contribution is 9.10. The number of phenols is 1. The summed E-state index contributed by atoms with van der Waals surface area (Å²) < 4.78 is 0.956. The lowest BCUT2D eigenvalue weighted by Gasteiger charge is -2.13. The summed E-state index contributed by atoms with van der Waals surface area (Å²) >= 11 is 3.44. The molecule has 0 bridgehead atoms. The van der Waals surface area contributed by atoms with E-state index in [2.05, 4.69) is 21.2 Å². The van der Waals surface area contributed by atoms with E-state index in [-0.39, 0.29) is 11.7 Å². The van der Waals surface area contributed by atoms with Gasteiger partial charge < -0.3 is 16.2 Å². The number of hydrogen-bond acceptors (Lipinski definition) is 3. The van der Waals surface area contributed by atoms with Gasteiger partial charge in [-0.05, 0) is 35.7 Å². The molecule has 0 fully saturated rings. The molecule has 0 saturated carbocycles. The van der Waals surface area contributed by atoms with Crippen LogP contribution in [0.15, 0.2) is 53.0 Å². The Morgan fingerprint density at radius 2 is 1.86 bits per heavy atom. The van der Waals surface area contributed by atoms with Gasteiger partial charge in [0.25, 0.3) is 0 Å². The molecule has 5 heteroatoms. The van der Waals surface area contributed by atoms with E-state index < -0.39 is 6.04 Å². The van der Waals surface area contributed by atoms with Crippen molar-refractivity contribution in [3.8, 4) is 5.75 Å². The van der Waals surface area contributed by atoms with Crippen LogP contribution in [0.25, 0.3) is 0 Å². The second-order valence-corrected chi connectivity index (χ2v) is 5.64. The van der Waals surface area contributed by atoms with Gasteiger partial charge in [-0.1, -0.05) is 46.3 Å². The van der Waals surface area contributed by atoms with E-state index >= 15 is 0 Å². The smallest absolute Gasteiger partial charge is 0.237 e. The van der Waals surface area contributed by atoms with Crippen molar-refractivity contribution in [3.05, 3.63) is 64.1 Å². The van der Waals surface area contributed by atoms with Crippen LogP contribution in [-0.2, 0) is 17.8 Å². The van der Waals surface area contributed by atoms with Gasteiger partial charge in [0.15, 0.2) is 0 Å². The van der Waals surface area contributed by atoms with Crippen molar-refractivity contribution in [2.45, 2.75) is 19.0 Å². The summed E-state index contributed by atoms with van der Waals surface area (Å²) in [6.45, 7) is 0.434. The van der Waals surface area contributed by atoms with Gasteiger partial charge in [0, 0.05) is 11.0 Å². The fraction of sp³-hybridized carbons (Fsp3) is 0.188. The van der Waals surface area contributed by atoms with Gasteiger partial charge in [-0.25, -0.2) is 0 Å². The second-order valence-electron chi connectivity index (χ2n) is 4.79. The third kappa shape index (κ3) is 4.58. The van der Waals surface area contributed by atoms with E-state index in [1.54, 1.807) is 24.3 Å². The molecule has 1 amide bonds. The van der Waals surface area contributed by atoms with Gasteiger partial charge in [-0.3, -0.25) is 4.79 Å². The molecular weight excluding hydrogens is 332 g/mol. The Morgan fingerprint density at radius 1 is 1.19 bits per heavy atom. The maximum Gasteiger partial charge on any atom is 0.237 e. The molecule has 0 aliphatic carbocycles. The maximum absolute atomic E-state index is 12.0. The molecule has 2 aromatic carbocycles. The van der Waals surface area contributed by atoms with Gasteiger partial charge in [0.1, 0.15) is 5.75 Å². The highest BCUT2D eigenvalue weighted by Gasteiger charge is 2.14. The van der Waals surface area contributed by atoms with Gasteiger partial charge >= 0.3 is 0 Å². The summed E-state index contributed by atoms with van der Waals surface area (Å²) in [6.07, 6.45) is 0.433. The number of benzene rings is 2. The second kappa shape index (κ2) is 7.24. The predicted molar refractivity (Wildman–Crippen MR) is 85.8 cm³/mol. The Morgan fingerprint density at radius 3 is 2.52 bits per heavy atom. The van der Waals surface area contributed by atoms with Gasteiger partial charge in [0.05, 0.1) is 6.04 Å². The van der Waals surface area contributed by atoms with Crippen molar-refractivity contribution < 1.29 is 9.90 Å². The van der Waals surface area contributed by atoms with Crippen molar-refractivity contribution in [3.63, 3.8) is 0 Å². The lowest BCUT2D eigenvalue weighted by atomic mass is 10.1. The molecule has 0 spiro atoms. The van der Waals surface area contributed by atoms with E-state index in [4.69, 9.17) is 5.73 Å². The molecule has 110 valence electrons. The molecule has 2 rings (SSSR count). The van der Waals surface area contributed by atoms with E-state index in [0.717, 1.165) is 15.6 Å². The molecule has 4 nitrogen and oxygen atoms in total. The topological polar surface area (TPSA) is 75.3 Å². The quantitative estimate of drug-likeness (QED) is 0.776. The maximum atomic E-state index is 12.0. The largest absolute Gasteiger partial charge is 0.508 e. The van der Waals surface area contributed by atoms with E-state index in [1.165, 1.54) is 0 Å². The zero-order chi connectivity index (χ0) is 15.2. The number of nitrogens with two attached hydrogens (primary N) is 1. The van der Waals surface area contributed by atoms with Crippen LogP contribution in [0.3, 0.4) is 0 Å². The molecule has 0 radical (unpaired) electrons. The Balaban J connectivity index is 1.88. The standard InChI is InChI=1S/C16H17BrN2O2/c17-14-4-2-1-3-12(14)10-19-16(21)15(18)9-11-5-7-13(20)8-6-11/h1-8,15,20H,9-10,18H2,(H,19,21). The number of aromatic hydroxyl groups is 1. The summed E-state index contributed by atoms with van der Waals surface area (Å²) in [5, 5.41) is 12.0. The number of phenolic OH excluding ortho intramolecular Hbond substituents is 1. The molecule has 1 atom stereocenters. The van der Waals surface area contributed by atoms with Gasteiger partial charge in [-0.15, -0.1) is 0 Å². The van der Waals surface area contributed by atoms with Crippen molar-refractivity contribution >= 4 is 21.8 Å². The first-order valence-electron chi connectivity index (χ1n) is 6.61. The Kier molecular flexibility index (Phi) is 5.36. The van der Waals surface area contributed by atoms with Crippen LogP contribution in [-0.4, -0.2) is 17.1 Å². The fourth-order valence-electron chi connectivity index (χ4n) is 1.93. The van der Waals surface area contributed by atoms with Crippen LogP contribution in [0.2, 0.25) is 0 Å². The molecule has 0 aliphatic heterocycles. The zero-order valence-electron chi connectivity index (χ0n) is 11.4. The summed E-state index contributed by atoms with van der Waals surface area (Å²) in [4.78, 5) is 12.0. The van der Waals surface area contributed by atoms with Crippen molar-refractivity contribution in [1.29, 1.82) is 0 Å². The number of halogens is 1. The number of hydrogen-bond donors (Lipinski definition) is 3. The minimum Gasteiger partial charge on any atom is -0.508 e. The number of carbonyl (C=O) groups is 1. The van der Waals surface area contributed by atoms with Crippen molar-refractivity contribution in [2.75, 3.05) is 0 Å². The molecule has 0 heterocycles. The molecule has 0 saturated heterocycles. The summed E-state index contributed by atoms with van der Waals surface area (Å²) in [6, 6.07) is 13.8. The molecule has 1 unspecified atom stereocenters. The van der Waals surface area contributed by atoms with Crippen LogP contribution in [0.1, 0.15) is 11.1 Å². The van der Waals surface area contributed by atoms with Crippen molar-refractivity contribution in [1.82, 2.24) is 5.32 Å². The first-order valence-corrected chi connectivity index (χ1v) is 7.40. The third-order valence-corrected chi connectivity index (χ3v) is 3.91.